The summed E-state index contributed by atoms with van der Waals surface area (Å²) < 4.78 is 0. The van der Waals surface area contributed by atoms with Crippen molar-refractivity contribution >= 4 is 17.5 Å². The molecule has 1 aliphatic carbocycles. The summed E-state index contributed by atoms with van der Waals surface area (Å²) in [6, 6.07) is 15.6. The van der Waals surface area contributed by atoms with Crippen LogP contribution in [0.15, 0.2) is 48.5 Å². The molecule has 2 amide bonds. The van der Waals surface area contributed by atoms with E-state index >= 15 is 0 Å². The average Bonchev–Trinajstić information content (AvgIpc) is 3.37. The Kier molecular flexibility index (Phi) is 4.38. The molecule has 0 bridgehead atoms. The zero-order valence-corrected chi connectivity index (χ0v) is 14.1. The van der Waals surface area contributed by atoms with Gasteiger partial charge >= 0.3 is 0 Å². The fraction of sp³-hybridized carbons (Fsp3) is 0.300. The highest BCUT2D eigenvalue weighted by Gasteiger charge is 2.56. The van der Waals surface area contributed by atoms with Crippen molar-refractivity contribution in [2.75, 3.05) is 5.32 Å². The molecule has 0 heterocycles. The normalized spacial score (nSPS) is 14.8. The SMILES string of the molecule is Cc1cccc(CNC(=O)C2(C(=O)Nc3ccccc3C)CC2)c1. The first-order chi connectivity index (χ1) is 11.5. The molecule has 124 valence electrons. The van der Waals surface area contributed by atoms with Crippen molar-refractivity contribution in [1.29, 1.82) is 0 Å². The number of anilines is 1. The molecule has 1 aliphatic rings. The molecule has 1 saturated carbocycles. The van der Waals surface area contributed by atoms with Gasteiger partial charge in [-0.25, -0.2) is 0 Å². The van der Waals surface area contributed by atoms with Crippen LogP contribution >= 0.6 is 0 Å². The minimum Gasteiger partial charge on any atom is -0.351 e. The first-order valence-electron chi connectivity index (χ1n) is 8.22. The molecule has 2 aromatic carbocycles. The zero-order chi connectivity index (χ0) is 17.2. The summed E-state index contributed by atoms with van der Waals surface area (Å²) in [5.74, 6) is -0.395. The molecule has 0 radical (unpaired) electrons. The number of rotatable bonds is 5. The van der Waals surface area contributed by atoms with Gasteiger partial charge in [0.1, 0.15) is 5.41 Å². The van der Waals surface area contributed by atoms with Crippen LogP contribution in [0.25, 0.3) is 0 Å². The van der Waals surface area contributed by atoms with Gasteiger partial charge in [0.05, 0.1) is 0 Å². The highest BCUT2D eigenvalue weighted by Crippen LogP contribution is 2.47. The quantitative estimate of drug-likeness (QED) is 0.830. The van der Waals surface area contributed by atoms with Crippen molar-refractivity contribution in [2.24, 2.45) is 5.41 Å². The molecular formula is C20H22N2O2. The lowest BCUT2D eigenvalue weighted by molar-refractivity contribution is -0.134. The Morgan fingerprint density at radius 3 is 2.42 bits per heavy atom. The molecule has 2 N–H and O–H groups in total. The molecule has 24 heavy (non-hydrogen) atoms. The Morgan fingerprint density at radius 1 is 1.00 bits per heavy atom. The Bertz CT molecular complexity index is 779. The van der Waals surface area contributed by atoms with Crippen LogP contribution in [-0.4, -0.2) is 11.8 Å². The largest absolute Gasteiger partial charge is 0.351 e. The van der Waals surface area contributed by atoms with Crippen LogP contribution in [0, 0.1) is 19.3 Å². The van der Waals surface area contributed by atoms with Gasteiger partial charge in [-0.15, -0.1) is 0 Å². The molecule has 0 spiro atoms. The third-order valence-electron chi connectivity index (χ3n) is 4.55. The highest BCUT2D eigenvalue weighted by molar-refractivity contribution is 6.13. The number of hydrogen-bond donors (Lipinski definition) is 2. The van der Waals surface area contributed by atoms with Crippen molar-refractivity contribution in [3.05, 3.63) is 65.2 Å². The fourth-order valence-corrected chi connectivity index (χ4v) is 2.81. The number of para-hydroxylation sites is 1. The van der Waals surface area contributed by atoms with E-state index in [0.717, 1.165) is 22.4 Å². The minimum absolute atomic E-state index is 0.185. The van der Waals surface area contributed by atoms with E-state index in [1.54, 1.807) is 0 Å². The van der Waals surface area contributed by atoms with Crippen LogP contribution in [0.3, 0.4) is 0 Å². The summed E-state index contributed by atoms with van der Waals surface area (Å²) in [4.78, 5) is 25.1. The maximum atomic E-state index is 12.6. The second-order valence-corrected chi connectivity index (χ2v) is 6.52. The smallest absolute Gasteiger partial charge is 0.240 e. The Labute approximate surface area is 142 Å². The van der Waals surface area contributed by atoms with Crippen LogP contribution < -0.4 is 10.6 Å². The van der Waals surface area contributed by atoms with Crippen LogP contribution in [0.2, 0.25) is 0 Å². The summed E-state index contributed by atoms with van der Waals surface area (Å²) in [5, 5.41) is 5.81. The van der Waals surface area contributed by atoms with Crippen LogP contribution in [0.5, 0.6) is 0 Å². The maximum Gasteiger partial charge on any atom is 0.240 e. The van der Waals surface area contributed by atoms with Gasteiger partial charge in [0, 0.05) is 12.2 Å². The molecule has 2 aromatic rings. The molecule has 3 rings (SSSR count). The van der Waals surface area contributed by atoms with Crippen molar-refractivity contribution in [3.63, 3.8) is 0 Å². The number of amides is 2. The van der Waals surface area contributed by atoms with Gasteiger partial charge in [-0.1, -0.05) is 48.0 Å². The number of benzene rings is 2. The molecule has 4 heteroatoms. The van der Waals surface area contributed by atoms with Gasteiger partial charge in [0.25, 0.3) is 0 Å². The monoisotopic (exact) mass is 322 g/mol. The van der Waals surface area contributed by atoms with Gasteiger partial charge in [-0.2, -0.15) is 0 Å². The molecular weight excluding hydrogens is 300 g/mol. The average molecular weight is 322 g/mol. The number of nitrogens with one attached hydrogen (secondary N) is 2. The zero-order valence-electron chi connectivity index (χ0n) is 14.1. The van der Waals surface area contributed by atoms with Gasteiger partial charge in [0.15, 0.2) is 0 Å². The Hall–Kier alpha value is -2.62. The van der Waals surface area contributed by atoms with E-state index in [2.05, 4.69) is 10.6 Å². The highest BCUT2D eigenvalue weighted by atomic mass is 16.2. The summed E-state index contributed by atoms with van der Waals surface area (Å²) >= 11 is 0. The molecule has 0 saturated heterocycles. The van der Waals surface area contributed by atoms with E-state index in [1.165, 1.54) is 0 Å². The van der Waals surface area contributed by atoms with Gasteiger partial charge in [-0.3, -0.25) is 9.59 Å². The first kappa shape index (κ1) is 16.2. The summed E-state index contributed by atoms with van der Waals surface area (Å²) in [7, 11) is 0. The molecule has 0 aliphatic heterocycles. The topological polar surface area (TPSA) is 58.2 Å². The van der Waals surface area contributed by atoms with Crippen molar-refractivity contribution in [1.82, 2.24) is 5.32 Å². The summed E-state index contributed by atoms with van der Waals surface area (Å²) in [6.07, 6.45) is 1.20. The van der Waals surface area contributed by atoms with Crippen LogP contribution in [0.1, 0.15) is 29.5 Å². The van der Waals surface area contributed by atoms with E-state index in [1.807, 2.05) is 62.4 Å². The fourth-order valence-electron chi connectivity index (χ4n) is 2.81. The standard InChI is InChI=1S/C20H22N2O2/c1-14-6-5-8-16(12-14)13-21-18(23)20(10-11-20)19(24)22-17-9-4-3-7-15(17)2/h3-9,12H,10-11,13H2,1-2H3,(H,21,23)(H,22,24). The molecule has 0 unspecified atom stereocenters. The Morgan fingerprint density at radius 2 is 1.75 bits per heavy atom. The van der Waals surface area contributed by atoms with Crippen molar-refractivity contribution < 1.29 is 9.59 Å². The second kappa shape index (κ2) is 6.48. The molecule has 4 nitrogen and oxygen atoms in total. The van der Waals surface area contributed by atoms with E-state index in [-0.39, 0.29) is 11.8 Å². The summed E-state index contributed by atoms with van der Waals surface area (Å²) in [5.41, 5.74) is 3.03. The minimum atomic E-state index is -0.911. The predicted octanol–water partition coefficient (Wildman–Crippen LogP) is 3.34. The third kappa shape index (κ3) is 3.32. The van der Waals surface area contributed by atoms with Gasteiger partial charge in [0.2, 0.25) is 11.8 Å². The van der Waals surface area contributed by atoms with Crippen LogP contribution in [-0.2, 0) is 16.1 Å². The number of carbonyl (C=O) groups is 2. The first-order valence-corrected chi connectivity index (χ1v) is 8.22. The van der Waals surface area contributed by atoms with Crippen molar-refractivity contribution in [2.45, 2.75) is 33.2 Å². The number of carbonyl (C=O) groups excluding carboxylic acids is 2. The molecule has 0 aromatic heterocycles. The lowest BCUT2D eigenvalue weighted by Crippen LogP contribution is -2.39. The van der Waals surface area contributed by atoms with E-state index in [4.69, 9.17) is 0 Å². The predicted molar refractivity (Wildman–Crippen MR) is 94.5 cm³/mol. The lowest BCUT2D eigenvalue weighted by Gasteiger charge is -2.16. The van der Waals surface area contributed by atoms with Crippen molar-refractivity contribution in [3.8, 4) is 0 Å². The van der Waals surface area contributed by atoms with E-state index in [0.29, 0.717) is 19.4 Å². The van der Waals surface area contributed by atoms with E-state index in [9.17, 15) is 9.59 Å². The lowest BCUT2D eigenvalue weighted by atomic mass is 10.0. The van der Waals surface area contributed by atoms with E-state index < -0.39 is 5.41 Å². The van der Waals surface area contributed by atoms with Gasteiger partial charge < -0.3 is 10.6 Å². The second-order valence-electron chi connectivity index (χ2n) is 6.52. The third-order valence-corrected chi connectivity index (χ3v) is 4.55. The van der Waals surface area contributed by atoms with Crippen LogP contribution in [0.4, 0.5) is 5.69 Å². The van der Waals surface area contributed by atoms with Gasteiger partial charge in [-0.05, 0) is 43.9 Å². The molecule has 0 atom stereocenters. The molecule has 1 fully saturated rings. The maximum absolute atomic E-state index is 12.6. The summed E-state index contributed by atoms with van der Waals surface area (Å²) in [6.45, 7) is 4.40. The number of hydrogen-bond acceptors (Lipinski definition) is 2. The Balaban J connectivity index is 1.63. The number of aryl methyl sites for hydroxylation is 2.